The first-order valence-electron chi connectivity index (χ1n) is 16.2. The van der Waals surface area contributed by atoms with Crippen LogP contribution in [0.5, 0.6) is 0 Å². The van der Waals surface area contributed by atoms with E-state index in [1.54, 1.807) is 60.7 Å². The zero-order valence-electron chi connectivity index (χ0n) is 29.2. The fourth-order valence-electron chi connectivity index (χ4n) is 5.73. The molecule has 4 heterocycles. The summed E-state index contributed by atoms with van der Waals surface area (Å²) in [6.45, 7) is 0. The minimum atomic E-state index is -4.13. The van der Waals surface area contributed by atoms with E-state index in [2.05, 4.69) is 29.8 Å². The Balaban J connectivity index is 0.000000172. The maximum Gasteiger partial charge on any atom is 0.263 e. The van der Waals surface area contributed by atoms with Gasteiger partial charge in [0, 0.05) is 34.7 Å². The monoisotopic (exact) mass is 834 g/mol. The normalized spacial score (nSPS) is 12.3. The van der Waals surface area contributed by atoms with E-state index in [0.29, 0.717) is 44.7 Å². The SMILES string of the molecule is CS(=O)(=O)c1ccccc1S(=O)(=O)Nc1ccc2[nH]nc(-c3ccco3)c2c1.CS(=O)(=O)c1ccccc1S(=O)(=O)Nc1ccc2[nH]nc(-c3ccco3)c2c1. The van der Waals surface area contributed by atoms with Crippen LogP contribution in [0.15, 0.2) is 150 Å². The third-order valence-electron chi connectivity index (χ3n) is 8.22. The molecule has 4 aromatic heterocycles. The Bertz CT molecular complexity index is 2960. The molecule has 56 heavy (non-hydrogen) atoms. The third-order valence-corrected chi connectivity index (χ3v) is 13.7. The summed E-state index contributed by atoms with van der Waals surface area (Å²) >= 11 is 0. The number of furan rings is 2. The van der Waals surface area contributed by atoms with Crippen LogP contribution in [0, 0.1) is 0 Å². The number of hydrogen-bond donors (Lipinski definition) is 4. The number of rotatable bonds is 10. The Kier molecular flexibility index (Phi) is 9.83. The fourth-order valence-corrected chi connectivity index (χ4v) is 11.1. The van der Waals surface area contributed by atoms with Crippen LogP contribution >= 0.6 is 0 Å². The number of anilines is 2. The van der Waals surface area contributed by atoms with E-state index in [1.165, 1.54) is 61.1 Å². The van der Waals surface area contributed by atoms with Crippen molar-refractivity contribution in [1.82, 2.24) is 20.4 Å². The predicted molar refractivity (Wildman–Crippen MR) is 208 cm³/mol. The van der Waals surface area contributed by atoms with Crippen LogP contribution in [0.2, 0.25) is 0 Å². The van der Waals surface area contributed by atoms with Crippen molar-refractivity contribution in [2.75, 3.05) is 22.0 Å². The van der Waals surface area contributed by atoms with Gasteiger partial charge in [0.15, 0.2) is 31.2 Å². The quantitative estimate of drug-likeness (QED) is 0.123. The Morgan fingerprint density at radius 1 is 0.482 bits per heavy atom. The summed E-state index contributed by atoms with van der Waals surface area (Å²) in [7, 11) is -15.7. The Morgan fingerprint density at radius 3 is 1.20 bits per heavy atom. The van der Waals surface area contributed by atoms with Crippen LogP contribution < -0.4 is 9.44 Å². The molecule has 16 nitrogen and oxygen atoms in total. The molecule has 8 rings (SSSR count). The Morgan fingerprint density at radius 2 is 0.857 bits per heavy atom. The van der Waals surface area contributed by atoms with E-state index >= 15 is 0 Å². The number of fused-ring (bicyclic) bond motifs is 2. The standard InChI is InChI=1S/2C18H15N3O5S2/c2*1-27(22,23)16-6-2-3-7-17(16)28(24,25)21-12-8-9-14-13(11-12)18(20-19-14)15-5-4-10-26-15/h2*2-11,21H,1H3,(H,19,20). The van der Waals surface area contributed by atoms with Gasteiger partial charge in [-0.15, -0.1) is 0 Å². The van der Waals surface area contributed by atoms with Crippen molar-refractivity contribution in [3.8, 4) is 22.9 Å². The largest absolute Gasteiger partial charge is 0.463 e. The molecule has 0 amide bonds. The molecule has 0 saturated carbocycles. The Labute approximate surface area is 320 Å². The third kappa shape index (κ3) is 7.80. The number of sulfonamides is 2. The highest BCUT2D eigenvalue weighted by atomic mass is 32.2. The van der Waals surface area contributed by atoms with Crippen LogP contribution in [-0.2, 0) is 39.7 Å². The van der Waals surface area contributed by atoms with Crippen LogP contribution in [0.4, 0.5) is 11.4 Å². The number of hydrogen-bond acceptors (Lipinski definition) is 12. The second-order valence-corrected chi connectivity index (χ2v) is 19.5. The van der Waals surface area contributed by atoms with Gasteiger partial charge in [0.2, 0.25) is 0 Å². The average Bonchev–Trinajstić information content (AvgIpc) is 3.98. The highest BCUT2D eigenvalue weighted by molar-refractivity contribution is 7.95. The first kappa shape index (κ1) is 38.1. The van der Waals surface area contributed by atoms with Gasteiger partial charge in [0.1, 0.15) is 21.2 Å². The zero-order chi connectivity index (χ0) is 39.9. The molecule has 4 N–H and O–H groups in total. The molecule has 0 aliphatic rings. The van der Waals surface area contributed by atoms with Gasteiger partial charge in [-0.25, -0.2) is 33.7 Å². The van der Waals surface area contributed by atoms with Crippen LogP contribution in [-0.4, -0.2) is 66.6 Å². The maximum atomic E-state index is 12.8. The summed E-state index contributed by atoms with van der Waals surface area (Å²) < 4.78 is 115. The highest BCUT2D eigenvalue weighted by Gasteiger charge is 2.25. The molecule has 0 aliphatic carbocycles. The van der Waals surface area contributed by atoms with Crippen molar-refractivity contribution in [3.05, 3.63) is 122 Å². The molecule has 8 aromatic rings. The molecular weight excluding hydrogens is 805 g/mol. The van der Waals surface area contributed by atoms with Crippen molar-refractivity contribution in [1.29, 1.82) is 0 Å². The van der Waals surface area contributed by atoms with Gasteiger partial charge in [-0.05, 0) is 84.9 Å². The number of H-pyrrole nitrogens is 2. The number of nitrogens with zero attached hydrogens (tertiary/aromatic N) is 2. The molecule has 0 fully saturated rings. The molecule has 0 spiro atoms. The molecule has 0 bridgehead atoms. The lowest BCUT2D eigenvalue weighted by Gasteiger charge is -2.11. The molecule has 20 heteroatoms. The molecular formula is C36H30N6O10S4. The summed E-state index contributed by atoms with van der Waals surface area (Å²) in [6, 6.07) is 27.6. The molecule has 288 valence electrons. The van der Waals surface area contributed by atoms with Crippen molar-refractivity contribution in [3.63, 3.8) is 0 Å². The average molecular weight is 835 g/mol. The van der Waals surface area contributed by atoms with Crippen molar-refractivity contribution >= 4 is 72.9 Å². The van der Waals surface area contributed by atoms with Gasteiger partial charge >= 0.3 is 0 Å². The van der Waals surface area contributed by atoms with E-state index < -0.39 is 39.7 Å². The summed E-state index contributed by atoms with van der Waals surface area (Å²) in [5.41, 5.74) is 3.02. The summed E-state index contributed by atoms with van der Waals surface area (Å²) in [5.74, 6) is 1.07. The van der Waals surface area contributed by atoms with E-state index in [4.69, 9.17) is 8.83 Å². The number of aromatic nitrogens is 4. The second-order valence-electron chi connectivity index (χ2n) is 12.3. The lowest BCUT2D eigenvalue weighted by molar-refractivity contribution is 0.580. The van der Waals surface area contributed by atoms with E-state index in [0.717, 1.165) is 12.5 Å². The summed E-state index contributed by atoms with van der Waals surface area (Å²) in [6.07, 6.45) is 4.97. The summed E-state index contributed by atoms with van der Waals surface area (Å²) in [5, 5.41) is 15.4. The van der Waals surface area contributed by atoms with Gasteiger partial charge in [-0.3, -0.25) is 19.6 Å². The maximum absolute atomic E-state index is 12.8. The van der Waals surface area contributed by atoms with E-state index in [9.17, 15) is 33.7 Å². The molecule has 0 saturated heterocycles. The van der Waals surface area contributed by atoms with Crippen LogP contribution in [0.25, 0.3) is 44.7 Å². The van der Waals surface area contributed by atoms with Crippen molar-refractivity contribution in [2.45, 2.75) is 19.6 Å². The zero-order valence-corrected chi connectivity index (χ0v) is 32.4. The minimum absolute atomic E-state index is 0.261. The topological polar surface area (TPSA) is 244 Å². The molecule has 0 aliphatic heterocycles. The van der Waals surface area contributed by atoms with Gasteiger partial charge in [-0.2, -0.15) is 10.2 Å². The van der Waals surface area contributed by atoms with Gasteiger partial charge in [-0.1, -0.05) is 24.3 Å². The van der Waals surface area contributed by atoms with Gasteiger partial charge < -0.3 is 8.83 Å². The van der Waals surface area contributed by atoms with Gasteiger partial charge in [0.25, 0.3) is 20.0 Å². The Hall–Kier alpha value is -6.22. The van der Waals surface area contributed by atoms with Crippen molar-refractivity contribution in [2.24, 2.45) is 0 Å². The highest BCUT2D eigenvalue weighted by Crippen LogP contribution is 2.32. The minimum Gasteiger partial charge on any atom is -0.463 e. The molecule has 0 unspecified atom stereocenters. The summed E-state index contributed by atoms with van der Waals surface area (Å²) in [4.78, 5) is -1.14. The first-order chi connectivity index (χ1) is 26.5. The predicted octanol–water partition coefficient (Wildman–Crippen LogP) is 6.05. The van der Waals surface area contributed by atoms with Crippen LogP contribution in [0.3, 0.4) is 0 Å². The first-order valence-corrected chi connectivity index (χ1v) is 22.9. The smallest absolute Gasteiger partial charge is 0.263 e. The number of aromatic amines is 2. The molecule has 4 aromatic carbocycles. The number of sulfone groups is 2. The lowest BCUT2D eigenvalue weighted by atomic mass is 10.1. The van der Waals surface area contributed by atoms with Gasteiger partial charge in [0.05, 0.1) is 33.4 Å². The molecule has 0 radical (unpaired) electrons. The van der Waals surface area contributed by atoms with Crippen LogP contribution in [0.1, 0.15) is 0 Å². The number of nitrogens with one attached hydrogen (secondary N) is 4. The lowest BCUT2D eigenvalue weighted by Crippen LogP contribution is -2.16. The van der Waals surface area contributed by atoms with Crippen molar-refractivity contribution < 1.29 is 42.5 Å². The van der Waals surface area contributed by atoms with E-state index in [1.807, 2.05) is 0 Å². The fraction of sp³-hybridized carbons (Fsp3) is 0.0556. The second kappa shape index (κ2) is 14.5. The number of benzene rings is 4. The molecule has 0 atom stereocenters. The van der Waals surface area contributed by atoms with E-state index in [-0.39, 0.29) is 31.0 Å².